The Balaban J connectivity index is 1.74. The molecule has 0 saturated carbocycles. The molecule has 0 saturated heterocycles. The van der Waals surface area contributed by atoms with Gasteiger partial charge in [0.05, 0.1) is 23.2 Å². The van der Waals surface area contributed by atoms with Gasteiger partial charge in [0, 0.05) is 22.4 Å². The van der Waals surface area contributed by atoms with Crippen LogP contribution in [0.3, 0.4) is 0 Å². The molecule has 0 atom stereocenters. The Kier molecular flexibility index (Phi) is 5.44. The molecule has 0 spiro atoms. The Morgan fingerprint density at radius 3 is 2.73 bits per heavy atom. The maximum absolute atomic E-state index is 14.7. The summed E-state index contributed by atoms with van der Waals surface area (Å²) in [5, 5.41) is 3.66. The van der Waals surface area contributed by atoms with Crippen LogP contribution in [0.1, 0.15) is 34.5 Å². The molecule has 0 aliphatic heterocycles. The van der Waals surface area contributed by atoms with Crippen LogP contribution >= 0.6 is 12.1 Å². The number of anilines is 1. The Morgan fingerprint density at radius 2 is 2.00 bits per heavy atom. The van der Waals surface area contributed by atoms with E-state index in [1.165, 1.54) is 12.1 Å². The quantitative estimate of drug-likeness (QED) is 0.359. The van der Waals surface area contributed by atoms with E-state index >= 15 is 0 Å². The molecule has 1 aromatic heterocycles. The van der Waals surface area contributed by atoms with Crippen LogP contribution < -0.4 is 5.32 Å². The van der Waals surface area contributed by atoms with Gasteiger partial charge >= 0.3 is 0 Å². The van der Waals surface area contributed by atoms with E-state index in [0.717, 1.165) is 42.0 Å². The second kappa shape index (κ2) is 7.91. The molecule has 0 amide bonds. The molecule has 0 radical (unpaired) electrons. The zero-order chi connectivity index (χ0) is 21.5. The van der Waals surface area contributed by atoms with Crippen LogP contribution in [-0.4, -0.2) is 9.97 Å². The van der Waals surface area contributed by atoms with Crippen LogP contribution in [0.5, 0.6) is 0 Å². The summed E-state index contributed by atoms with van der Waals surface area (Å²) >= 11 is 0.190. The normalized spacial score (nSPS) is 13.5. The van der Waals surface area contributed by atoms with E-state index in [2.05, 4.69) is 21.9 Å². The molecule has 8 heteroatoms. The first-order valence-electron chi connectivity index (χ1n) is 9.50. The van der Waals surface area contributed by atoms with Crippen LogP contribution in [0.4, 0.5) is 22.9 Å². The Morgan fingerprint density at radius 1 is 1.23 bits per heavy atom. The molecule has 3 aromatic rings. The Hall–Kier alpha value is -2.61. The number of nitrogens with one attached hydrogen (secondary N) is 1. The molecular weight excluding hydrogens is 414 g/mol. The number of benzene rings is 2. The Bertz CT molecular complexity index is 1150. The molecule has 1 aliphatic carbocycles. The summed E-state index contributed by atoms with van der Waals surface area (Å²) in [6.07, 6.45) is 2.96. The van der Waals surface area contributed by atoms with Crippen LogP contribution in [0.25, 0.3) is 10.9 Å². The summed E-state index contributed by atoms with van der Waals surface area (Å²) in [5.41, 5.74) is 2.08. The number of fused-ring (bicyclic) bond motifs is 3. The molecule has 1 N–H and O–H groups in total. The van der Waals surface area contributed by atoms with E-state index < -0.39 is 17.3 Å². The lowest BCUT2D eigenvalue weighted by molar-refractivity contribution is 0.0483. The van der Waals surface area contributed by atoms with Crippen LogP contribution in [0.2, 0.25) is 0 Å². The monoisotopic (exact) mass is 433 g/mol. The van der Waals surface area contributed by atoms with Gasteiger partial charge in [-0.25, -0.2) is 14.4 Å². The molecule has 1 heterocycles. The maximum Gasteiger partial charge on any atom is 0.294 e. The standard InChI is InChI=1S/C22H19F4N3S/c1-3-22(24,25)17-9-4-6-13(19(17)23)11-27-21-16-10-18(30-26)14-7-5-8-15(14)20(16)28-12(2)29-21/h3-4,6,9-10H,1,5,7-8,11H2,2H3,(H,27,28,29). The minimum atomic E-state index is -3.47. The van der Waals surface area contributed by atoms with Gasteiger partial charge in [-0.15, -0.1) is 0 Å². The molecule has 1 aliphatic rings. The van der Waals surface area contributed by atoms with Gasteiger partial charge in [0.15, 0.2) is 0 Å². The van der Waals surface area contributed by atoms with Gasteiger partial charge in [0.1, 0.15) is 17.5 Å². The van der Waals surface area contributed by atoms with Crippen molar-refractivity contribution in [1.29, 1.82) is 0 Å². The second-order valence-electron chi connectivity index (χ2n) is 7.24. The zero-order valence-electron chi connectivity index (χ0n) is 16.2. The molecule has 0 bridgehead atoms. The molecule has 3 nitrogen and oxygen atoms in total. The highest BCUT2D eigenvalue weighted by Crippen LogP contribution is 2.39. The lowest BCUT2D eigenvalue weighted by Crippen LogP contribution is -2.14. The third-order valence-corrected chi connectivity index (χ3v) is 5.89. The summed E-state index contributed by atoms with van der Waals surface area (Å²) in [4.78, 5) is 9.47. The van der Waals surface area contributed by atoms with E-state index in [-0.39, 0.29) is 24.3 Å². The van der Waals surface area contributed by atoms with Gasteiger partial charge in [0.25, 0.3) is 5.92 Å². The number of alkyl halides is 2. The number of aromatic nitrogens is 2. The van der Waals surface area contributed by atoms with Crippen molar-refractivity contribution >= 4 is 28.9 Å². The van der Waals surface area contributed by atoms with Crippen molar-refractivity contribution in [2.75, 3.05) is 5.32 Å². The van der Waals surface area contributed by atoms with Crippen molar-refractivity contribution in [2.24, 2.45) is 0 Å². The Labute approximate surface area is 175 Å². The minimum Gasteiger partial charge on any atom is -0.365 e. The van der Waals surface area contributed by atoms with Crippen LogP contribution in [0, 0.1) is 12.7 Å². The smallest absolute Gasteiger partial charge is 0.294 e. The minimum absolute atomic E-state index is 0.0619. The van der Waals surface area contributed by atoms with E-state index in [9.17, 15) is 17.1 Å². The van der Waals surface area contributed by atoms with Gasteiger partial charge < -0.3 is 5.32 Å². The second-order valence-corrected chi connectivity index (χ2v) is 7.83. The predicted molar refractivity (Wildman–Crippen MR) is 111 cm³/mol. The first-order chi connectivity index (χ1) is 14.4. The van der Waals surface area contributed by atoms with Gasteiger partial charge in [0.2, 0.25) is 0 Å². The first-order valence-corrected chi connectivity index (χ1v) is 10.2. The summed E-state index contributed by atoms with van der Waals surface area (Å²) in [6.45, 7) is 4.76. The predicted octanol–water partition coefficient (Wildman–Crippen LogP) is 6.43. The average molecular weight is 433 g/mol. The highest BCUT2D eigenvalue weighted by molar-refractivity contribution is 7.94. The highest BCUT2D eigenvalue weighted by atomic mass is 32.2. The molecule has 0 unspecified atom stereocenters. The zero-order valence-corrected chi connectivity index (χ0v) is 17.1. The van der Waals surface area contributed by atoms with E-state index in [1.807, 2.05) is 0 Å². The lowest BCUT2D eigenvalue weighted by atomic mass is 10.0. The topological polar surface area (TPSA) is 37.8 Å². The molecule has 2 aromatic carbocycles. The van der Waals surface area contributed by atoms with Crippen molar-refractivity contribution in [3.05, 3.63) is 70.8 Å². The van der Waals surface area contributed by atoms with Gasteiger partial charge in [-0.3, -0.25) is 0 Å². The first kappa shape index (κ1) is 20.7. The summed E-state index contributed by atoms with van der Waals surface area (Å²) in [6, 6.07) is 5.55. The van der Waals surface area contributed by atoms with E-state index in [1.54, 1.807) is 13.0 Å². The van der Waals surface area contributed by atoms with Crippen LogP contribution in [0.15, 0.2) is 41.8 Å². The lowest BCUT2D eigenvalue weighted by Gasteiger charge is -2.16. The molecule has 0 fully saturated rings. The average Bonchev–Trinajstić information content (AvgIpc) is 3.22. The van der Waals surface area contributed by atoms with Crippen LogP contribution in [-0.2, 0) is 25.3 Å². The molecular formula is C22H19F4N3S. The largest absolute Gasteiger partial charge is 0.365 e. The van der Waals surface area contributed by atoms with E-state index in [4.69, 9.17) is 0 Å². The number of rotatable bonds is 6. The number of aryl methyl sites for hydroxylation is 2. The fraction of sp³-hybridized carbons (Fsp3) is 0.273. The summed E-state index contributed by atoms with van der Waals surface area (Å²) in [7, 11) is 0. The van der Waals surface area contributed by atoms with Crippen molar-refractivity contribution in [3.8, 4) is 0 Å². The van der Waals surface area contributed by atoms with Crippen molar-refractivity contribution < 1.29 is 17.1 Å². The third-order valence-electron chi connectivity index (χ3n) is 5.36. The van der Waals surface area contributed by atoms with Gasteiger partial charge in [-0.2, -0.15) is 12.7 Å². The third kappa shape index (κ3) is 3.53. The highest BCUT2D eigenvalue weighted by Gasteiger charge is 2.31. The fourth-order valence-corrected chi connectivity index (χ4v) is 4.39. The van der Waals surface area contributed by atoms with Crippen molar-refractivity contribution in [2.45, 2.75) is 43.5 Å². The fourth-order valence-electron chi connectivity index (χ4n) is 3.91. The van der Waals surface area contributed by atoms with Gasteiger partial charge in [-0.1, -0.05) is 18.7 Å². The summed E-state index contributed by atoms with van der Waals surface area (Å²) in [5.74, 6) is -3.52. The van der Waals surface area contributed by atoms with E-state index in [0.29, 0.717) is 28.0 Å². The van der Waals surface area contributed by atoms with Gasteiger partial charge in [-0.05, 0) is 55.5 Å². The number of hydrogen-bond acceptors (Lipinski definition) is 4. The molecule has 156 valence electrons. The molecule has 30 heavy (non-hydrogen) atoms. The number of nitrogens with zero attached hydrogens (tertiary/aromatic N) is 2. The summed E-state index contributed by atoms with van der Waals surface area (Å²) < 4.78 is 56.1. The number of halogens is 4. The number of hydrogen-bond donors (Lipinski definition) is 1. The number of allylic oxidation sites excluding steroid dienone is 1. The molecule has 4 rings (SSSR count). The SMILES string of the molecule is C=CC(F)(F)c1cccc(CNc2nc(C)nc3c4c(c(SF)cc23)CCC4)c1F. The van der Waals surface area contributed by atoms with Crippen molar-refractivity contribution in [1.82, 2.24) is 9.97 Å². The van der Waals surface area contributed by atoms with Crippen molar-refractivity contribution in [3.63, 3.8) is 0 Å². The maximum atomic E-state index is 14.7.